The highest BCUT2D eigenvalue weighted by Crippen LogP contribution is 2.48. The number of rotatable bonds is 8. The highest BCUT2D eigenvalue weighted by atomic mass is 31.1. The molecule has 0 heterocycles. The molecule has 1 saturated carbocycles. The van der Waals surface area contributed by atoms with E-state index in [-0.39, 0.29) is 0 Å². The summed E-state index contributed by atoms with van der Waals surface area (Å²) < 4.78 is 0. The van der Waals surface area contributed by atoms with Crippen molar-refractivity contribution in [3.63, 3.8) is 0 Å². The average Bonchev–Trinajstić information content (AvgIpc) is 2.40. The fourth-order valence-electron chi connectivity index (χ4n) is 3.50. The lowest BCUT2D eigenvalue weighted by atomic mass is 9.83. The van der Waals surface area contributed by atoms with Gasteiger partial charge in [-0.2, -0.15) is 0 Å². The third-order valence-electron chi connectivity index (χ3n) is 5.10. The van der Waals surface area contributed by atoms with E-state index in [1.54, 1.807) is 0 Å². The zero-order chi connectivity index (χ0) is 13.5. The van der Waals surface area contributed by atoms with Crippen LogP contribution >= 0.6 is 17.8 Å². The molecule has 1 fully saturated rings. The Morgan fingerprint density at radius 2 is 1.67 bits per heavy atom. The Kier molecular flexibility index (Phi) is 7.72. The molecule has 2 heteroatoms. The maximum Gasteiger partial charge on any atom is -0.0122 e. The van der Waals surface area contributed by atoms with Crippen molar-refractivity contribution in [1.29, 1.82) is 0 Å². The second-order valence-electron chi connectivity index (χ2n) is 6.29. The largest absolute Gasteiger partial charge is 0.131 e. The summed E-state index contributed by atoms with van der Waals surface area (Å²) in [6.07, 6.45) is 16.0. The summed E-state index contributed by atoms with van der Waals surface area (Å²) in [6.45, 7) is 7.08. The van der Waals surface area contributed by atoms with Gasteiger partial charge in [0.05, 0.1) is 0 Å². The van der Waals surface area contributed by atoms with Crippen LogP contribution in [0.3, 0.4) is 0 Å². The molecular formula is C16H34P2. The zero-order valence-corrected chi connectivity index (χ0v) is 15.0. The van der Waals surface area contributed by atoms with E-state index in [1.807, 2.05) is 0 Å². The summed E-state index contributed by atoms with van der Waals surface area (Å²) in [5.41, 5.74) is 0. The molecule has 108 valence electrons. The minimum Gasteiger partial charge on any atom is -0.131 e. The highest BCUT2D eigenvalue weighted by molar-refractivity contribution is 7.39. The van der Waals surface area contributed by atoms with Gasteiger partial charge in [0.15, 0.2) is 0 Å². The van der Waals surface area contributed by atoms with Crippen molar-refractivity contribution < 1.29 is 0 Å². The van der Waals surface area contributed by atoms with Gasteiger partial charge in [0.25, 0.3) is 0 Å². The molecule has 18 heavy (non-hydrogen) atoms. The summed E-state index contributed by atoms with van der Waals surface area (Å²) in [6, 6.07) is 0. The molecule has 0 aliphatic heterocycles. The lowest BCUT2D eigenvalue weighted by molar-refractivity contribution is 0.352. The van der Waals surface area contributed by atoms with Gasteiger partial charge in [-0.05, 0) is 55.0 Å². The van der Waals surface area contributed by atoms with Crippen molar-refractivity contribution in [3.05, 3.63) is 0 Å². The molecule has 0 amide bonds. The van der Waals surface area contributed by atoms with Crippen LogP contribution in [0.5, 0.6) is 0 Å². The second-order valence-corrected chi connectivity index (χ2v) is 9.64. The Hall–Kier alpha value is 0.860. The monoisotopic (exact) mass is 288 g/mol. The topological polar surface area (TPSA) is 0 Å². The molecule has 2 unspecified atom stereocenters. The predicted molar refractivity (Wildman–Crippen MR) is 91.5 cm³/mol. The first-order valence-corrected chi connectivity index (χ1v) is 9.92. The van der Waals surface area contributed by atoms with Crippen molar-refractivity contribution in [2.24, 2.45) is 0 Å². The van der Waals surface area contributed by atoms with Crippen LogP contribution in [-0.2, 0) is 0 Å². The van der Waals surface area contributed by atoms with Crippen LogP contribution in [-0.4, -0.2) is 16.5 Å². The maximum absolute atomic E-state index is 3.15. The fraction of sp³-hybridized carbons (Fsp3) is 1.00. The van der Waals surface area contributed by atoms with E-state index in [0.29, 0.717) is 5.16 Å². The van der Waals surface area contributed by atoms with E-state index in [9.17, 15) is 0 Å². The summed E-state index contributed by atoms with van der Waals surface area (Å²) in [4.78, 5) is 0. The van der Waals surface area contributed by atoms with Gasteiger partial charge in [-0.25, -0.2) is 0 Å². The van der Waals surface area contributed by atoms with Crippen molar-refractivity contribution in [2.45, 2.75) is 95.3 Å². The van der Waals surface area contributed by atoms with E-state index in [0.717, 1.165) is 5.16 Å². The van der Waals surface area contributed by atoms with Gasteiger partial charge in [0.2, 0.25) is 0 Å². The first-order chi connectivity index (χ1) is 8.60. The Bertz CT molecular complexity index is 210. The molecule has 0 aromatic heterocycles. The van der Waals surface area contributed by atoms with Crippen molar-refractivity contribution >= 4 is 17.8 Å². The molecular weight excluding hydrogens is 254 g/mol. The Morgan fingerprint density at radius 3 is 2.17 bits per heavy atom. The van der Waals surface area contributed by atoms with Gasteiger partial charge in [0.1, 0.15) is 0 Å². The van der Waals surface area contributed by atoms with Gasteiger partial charge >= 0.3 is 0 Å². The van der Waals surface area contributed by atoms with E-state index in [1.165, 1.54) is 79.0 Å². The Labute approximate surface area is 119 Å². The van der Waals surface area contributed by atoms with E-state index >= 15 is 0 Å². The molecule has 0 spiro atoms. The standard InChI is InChI=1S/C16H34P2/c1-4-15(17,5-2)11-10-14-16(18-6-3)12-8-7-9-13-16/h18H,4-14,17H2,1-3H3. The fourth-order valence-corrected chi connectivity index (χ4v) is 5.52. The number of hydrogen-bond donors (Lipinski definition) is 0. The third-order valence-corrected chi connectivity index (χ3v) is 8.06. The first kappa shape index (κ1) is 16.9. The lowest BCUT2D eigenvalue weighted by Crippen LogP contribution is -2.28. The molecule has 1 aliphatic carbocycles. The summed E-state index contributed by atoms with van der Waals surface area (Å²) in [5, 5.41) is 1.30. The van der Waals surface area contributed by atoms with Crippen molar-refractivity contribution in [1.82, 2.24) is 0 Å². The van der Waals surface area contributed by atoms with Crippen LogP contribution in [0.25, 0.3) is 0 Å². The van der Waals surface area contributed by atoms with Crippen LogP contribution in [0.2, 0.25) is 0 Å². The predicted octanol–water partition coefficient (Wildman–Crippen LogP) is 5.99. The number of hydrogen-bond acceptors (Lipinski definition) is 0. The summed E-state index contributed by atoms with van der Waals surface area (Å²) >= 11 is 0. The van der Waals surface area contributed by atoms with Gasteiger partial charge in [-0.3, -0.25) is 0 Å². The van der Waals surface area contributed by atoms with E-state index in [4.69, 9.17) is 0 Å². The minimum absolute atomic E-state index is 0.533. The molecule has 1 aliphatic rings. The molecule has 0 aromatic rings. The molecule has 0 aromatic carbocycles. The molecule has 0 radical (unpaired) electrons. The van der Waals surface area contributed by atoms with Gasteiger partial charge in [-0.1, -0.05) is 46.5 Å². The Balaban J connectivity index is 2.42. The van der Waals surface area contributed by atoms with Crippen molar-refractivity contribution in [3.8, 4) is 0 Å². The SMILES string of the molecule is CCPC1(CCCC(P)(CC)CC)CCCCC1. The molecule has 0 N–H and O–H groups in total. The minimum atomic E-state index is 0.533. The van der Waals surface area contributed by atoms with Gasteiger partial charge in [-0.15, -0.1) is 17.8 Å². The van der Waals surface area contributed by atoms with Crippen LogP contribution in [0.4, 0.5) is 0 Å². The van der Waals surface area contributed by atoms with Crippen LogP contribution in [0.1, 0.15) is 85.0 Å². The van der Waals surface area contributed by atoms with Gasteiger partial charge in [0, 0.05) is 0 Å². The summed E-state index contributed by atoms with van der Waals surface area (Å²) in [5.74, 6) is 0. The first-order valence-electron chi connectivity index (χ1n) is 8.13. The van der Waals surface area contributed by atoms with Crippen LogP contribution < -0.4 is 0 Å². The quantitative estimate of drug-likeness (QED) is 0.481. The average molecular weight is 288 g/mol. The molecule has 0 bridgehead atoms. The second kappa shape index (κ2) is 8.21. The molecule has 1 rings (SSSR count). The van der Waals surface area contributed by atoms with Crippen molar-refractivity contribution in [2.75, 3.05) is 6.16 Å². The van der Waals surface area contributed by atoms with Crippen LogP contribution in [0.15, 0.2) is 0 Å². The molecule has 0 saturated heterocycles. The summed E-state index contributed by atoms with van der Waals surface area (Å²) in [7, 11) is 4.37. The molecule has 0 nitrogen and oxygen atoms in total. The highest BCUT2D eigenvalue weighted by Gasteiger charge is 2.31. The zero-order valence-electron chi connectivity index (χ0n) is 12.9. The van der Waals surface area contributed by atoms with E-state index in [2.05, 4.69) is 30.0 Å². The maximum atomic E-state index is 3.15. The smallest absolute Gasteiger partial charge is 0.0122 e. The molecule has 2 atom stereocenters. The lowest BCUT2D eigenvalue weighted by Gasteiger charge is -2.38. The third kappa shape index (κ3) is 5.09. The van der Waals surface area contributed by atoms with E-state index < -0.39 is 0 Å². The normalized spacial score (nSPS) is 20.7. The Morgan fingerprint density at radius 1 is 1.06 bits per heavy atom. The van der Waals surface area contributed by atoms with Crippen LogP contribution in [0, 0.1) is 0 Å². The van der Waals surface area contributed by atoms with Gasteiger partial charge < -0.3 is 0 Å².